The maximum absolute atomic E-state index is 12.3. The van der Waals surface area contributed by atoms with Crippen LogP contribution in [0.15, 0.2) is 48.5 Å². The summed E-state index contributed by atoms with van der Waals surface area (Å²) in [6.45, 7) is 3.84. The fraction of sp³-hybridized carbons (Fsp3) is 0.458. The van der Waals surface area contributed by atoms with E-state index in [2.05, 4.69) is 10.2 Å². The van der Waals surface area contributed by atoms with Crippen LogP contribution in [0.1, 0.15) is 49.1 Å². The first kappa shape index (κ1) is 19.8. The van der Waals surface area contributed by atoms with Gasteiger partial charge >= 0.3 is 0 Å². The van der Waals surface area contributed by atoms with Gasteiger partial charge in [0.1, 0.15) is 11.5 Å². The number of hydrogen-bond donors (Lipinski definition) is 2. The van der Waals surface area contributed by atoms with Crippen molar-refractivity contribution in [3.05, 3.63) is 59.7 Å². The number of unbranched alkanes of at least 4 members (excludes halogenated alkanes) is 1. The molecule has 1 saturated heterocycles. The van der Waals surface area contributed by atoms with Crippen LogP contribution in [0.25, 0.3) is 0 Å². The van der Waals surface area contributed by atoms with Gasteiger partial charge in [0.05, 0.1) is 0 Å². The monoisotopic (exact) mass is 394 g/mol. The highest BCUT2D eigenvalue weighted by Crippen LogP contribution is 2.29. The number of piperidine rings is 1. The number of likely N-dealkylation sites (tertiary alicyclic amines) is 1. The van der Waals surface area contributed by atoms with E-state index >= 15 is 0 Å². The number of carbonyl (C=O) groups is 1. The zero-order valence-electron chi connectivity index (χ0n) is 16.8. The van der Waals surface area contributed by atoms with Gasteiger partial charge in [-0.3, -0.25) is 4.79 Å². The van der Waals surface area contributed by atoms with E-state index in [0.717, 1.165) is 63.1 Å². The van der Waals surface area contributed by atoms with Crippen LogP contribution in [0.3, 0.4) is 0 Å². The van der Waals surface area contributed by atoms with Gasteiger partial charge in [-0.05, 0) is 81.4 Å². The summed E-state index contributed by atoms with van der Waals surface area (Å²) < 4.78 is 5.99. The topological polar surface area (TPSA) is 61.8 Å². The van der Waals surface area contributed by atoms with Gasteiger partial charge in [0.25, 0.3) is 5.91 Å². The van der Waals surface area contributed by atoms with E-state index in [4.69, 9.17) is 4.74 Å². The Morgan fingerprint density at radius 1 is 1.03 bits per heavy atom. The lowest BCUT2D eigenvalue weighted by atomic mass is 9.89. The molecule has 0 spiro atoms. The van der Waals surface area contributed by atoms with Crippen LogP contribution in [0, 0.1) is 0 Å². The number of fused-ring (bicyclic) bond motifs is 1. The Morgan fingerprint density at radius 3 is 2.59 bits per heavy atom. The number of amides is 1. The molecule has 2 aromatic carbocycles. The molecule has 0 bridgehead atoms. The van der Waals surface area contributed by atoms with Crippen LogP contribution < -0.4 is 10.1 Å². The lowest BCUT2D eigenvalue weighted by molar-refractivity contribution is -0.127. The van der Waals surface area contributed by atoms with Gasteiger partial charge in [-0.25, -0.2) is 0 Å². The molecule has 29 heavy (non-hydrogen) atoms. The molecule has 1 fully saturated rings. The highest BCUT2D eigenvalue weighted by molar-refractivity contribution is 5.81. The van der Waals surface area contributed by atoms with Crippen molar-refractivity contribution < 1.29 is 14.6 Å². The Labute approximate surface area is 172 Å². The van der Waals surface area contributed by atoms with Gasteiger partial charge in [-0.2, -0.15) is 0 Å². The molecular formula is C24H30N2O3. The molecule has 0 aromatic heterocycles. The van der Waals surface area contributed by atoms with Crippen LogP contribution in [0.2, 0.25) is 0 Å². The van der Waals surface area contributed by atoms with E-state index in [1.54, 1.807) is 12.1 Å². The summed E-state index contributed by atoms with van der Waals surface area (Å²) in [6.07, 6.45) is 4.76. The molecule has 1 atom stereocenters. The highest BCUT2D eigenvalue weighted by atomic mass is 16.5. The van der Waals surface area contributed by atoms with Crippen molar-refractivity contribution in [3.8, 4) is 11.5 Å². The quantitative estimate of drug-likeness (QED) is 0.731. The minimum Gasteiger partial charge on any atom is -0.508 e. The van der Waals surface area contributed by atoms with Gasteiger partial charge in [-0.1, -0.05) is 30.3 Å². The smallest absolute Gasteiger partial charge is 0.261 e. The lowest BCUT2D eigenvalue weighted by Crippen LogP contribution is -2.36. The number of nitrogens with one attached hydrogen (secondary N) is 1. The fourth-order valence-electron chi connectivity index (χ4n) is 4.36. The summed E-state index contributed by atoms with van der Waals surface area (Å²) in [5.41, 5.74) is 2.37. The molecule has 2 heterocycles. The van der Waals surface area contributed by atoms with Crippen molar-refractivity contribution in [2.45, 2.75) is 50.7 Å². The predicted molar refractivity (Wildman–Crippen MR) is 113 cm³/mol. The Morgan fingerprint density at radius 2 is 1.79 bits per heavy atom. The molecule has 2 aliphatic heterocycles. The molecule has 0 aliphatic carbocycles. The zero-order chi connectivity index (χ0) is 20.1. The number of benzene rings is 2. The molecule has 2 aromatic rings. The van der Waals surface area contributed by atoms with Crippen LogP contribution in [-0.2, 0) is 11.3 Å². The first-order valence-electron chi connectivity index (χ1n) is 10.7. The third-order valence-corrected chi connectivity index (χ3v) is 6.13. The molecule has 4 rings (SSSR count). The van der Waals surface area contributed by atoms with Crippen molar-refractivity contribution in [3.63, 3.8) is 0 Å². The number of nitrogens with zero attached hydrogens (tertiary/aromatic N) is 1. The average molecular weight is 395 g/mol. The average Bonchev–Trinajstić information content (AvgIpc) is 2.91. The maximum atomic E-state index is 12.3. The minimum absolute atomic E-state index is 0.00379. The number of rotatable bonds is 6. The molecule has 5 heteroatoms. The summed E-state index contributed by atoms with van der Waals surface area (Å²) in [5.74, 6) is 1.75. The van der Waals surface area contributed by atoms with Crippen molar-refractivity contribution in [2.24, 2.45) is 0 Å². The molecular weight excluding hydrogens is 364 g/mol. The molecule has 1 amide bonds. The molecule has 0 radical (unpaired) electrons. The normalized spacial score (nSPS) is 20.4. The number of phenols is 1. The van der Waals surface area contributed by atoms with E-state index in [1.807, 2.05) is 36.4 Å². The number of ether oxygens (including phenoxy) is 1. The standard InChI is InChI=1S/C24H30N2O3/c27-21-10-8-18(9-11-21)19-12-15-26(16-13-19)14-4-3-7-23-24(28)25-17-20-5-1-2-6-22(20)29-23/h1-2,5-6,8-11,19,23,27H,3-4,7,12-17H2,(H,25,28). The molecule has 0 saturated carbocycles. The second-order valence-corrected chi connectivity index (χ2v) is 8.14. The SMILES string of the molecule is O=C1NCc2ccccc2OC1CCCCN1CCC(c2ccc(O)cc2)CC1. The van der Waals surface area contributed by atoms with E-state index in [0.29, 0.717) is 18.2 Å². The number of para-hydroxylation sites is 1. The highest BCUT2D eigenvalue weighted by Gasteiger charge is 2.25. The summed E-state index contributed by atoms with van der Waals surface area (Å²) in [6, 6.07) is 15.5. The van der Waals surface area contributed by atoms with E-state index in [1.165, 1.54) is 5.56 Å². The van der Waals surface area contributed by atoms with Crippen LogP contribution in [0.5, 0.6) is 11.5 Å². The van der Waals surface area contributed by atoms with Crippen LogP contribution >= 0.6 is 0 Å². The van der Waals surface area contributed by atoms with E-state index in [9.17, 15) is 9.90 Å². The summed E-state index contributed by atoms with van der Waals surface area (Å²) in [7, 11) is 0. The van der Waals surface area contributed by atoms with Crippen LogP contribution in [0.4, 0.5) is 0 Å². The molecule has 5 nitrogen and oxygen atoms in total. The summed E-state index contributed by atoms with van der Waals surface area (Å²) in [4.78, 5) is 14.8. The first-order chi connectivity index (χ1) is 14.2. The molecule has 154 valence electrons. The number of aromatic hydroxyl groups is 1. The number of carbonyl (C=O) groups excluding carboxylic acids is 1. The number of hydrogen-bond acceptors (Lipinski definition) is 4. The zero-order valence-corrected chi connectivity index (χ0v) is 16.8. The van der Waals surface area contributed by atoms with Gasteiger partial charge < -0.3 is 20.1 Å². The molecule has 2 N–H and O–H groups in total. The van der Waals surface area contributed by atoms with Crippen molar-refractivity contribution >= 4 is 5.91 Å². The van der Waals surface area contributed by atoms with Crippen molar-refractivity contribution in [1.82, 2.24) is 10.2 Å². The largest absolute Gasteiger partial charge is 0.508 e. The second kappa shape index (κ2) is 9.31. The third-order valence-electron chi connectivity index (χ3n) is 6.13. The van der Waals surface area contributed by atoms with Gasteiger partial charge in [-0.15, -0.1) is 0 Å². The number of phenolic OH excluding ortho intramolecular Hbond substituents is 1. The molecule has 2 aliphatic rings. The predicted octanol–water partition coefficient (Wildman–Crippen LogP) is 3.82. The first-order valence-corrected chi connectivity index (χ1v) is 10.7. The Balaban J connectivity index is 1.18. The van der Waals surface area contributed by atoms with Gasteiger partial charge in [0, 0.05) is 12.1 Å². The fourth-order valence-corrected chi connectivity index (χ4v) is 4.36. The summed E-state index contributed by atoms with van der Waals surface area (Å²) in [5, 5.41) is 12.4. The van der Waals surface area contributed by atoms with E-state index < -0.39 is 0 Å². The Hall–Kier alpha value is -2.53. The minimum atomic E-state index is -0.390. The van der Waals surface area contributed by atoms with Gasteiger partial charge in [0.2, 0.25) is 0 Å². The van der Waals surface area contributed by atoms with E-state index in [-0.39, 0.29) is 12.0 Å². The molecule has 1 unspecified atom stereocenters. The lowest BCUT2D eigenvalue weighted by Gasteiger charge is -2.32. The van der Waals surface area contributed by atoms with Crippen molar-refractivity contribution in [1.29, 1.82) is 0 Å². The Kier molecular flexibility index (Phi) is 6.35. The van der Waals surface area contributed by atoms with Gasteiger partial charge in [0.15, 0.2) is 6.10 Å². The Bertz CT molecular complexity index is 813. The summed E-state index contributed by atoms with van der Waals surface area (Å²) >= 11 is 0. The van der Waals surface area contributed by atoms with Crippen molar-refractivity contribution in [2.75, 3.05) is 19.6 Å². The van der Waals surface area contributed by atoms with Crippen LogP contribution in [-0.4, -0.2) is 41.7 Å². The second-order valence-electron chi connectivity index (χ2n) is 8.14. The third kappa shape index (κ3) is 5.10. The maximum Gasteiger partial charge on any atom is 0.261 e.